The van der Waals surface area contributed by atoms with Crippen molar-refractivity contribution in [1.82, 2.24) is 0 Å². The van der Waals surface area contributed by atoms with Gasteiger partial charge in [-0.05, 0) is 25.0 Å². The Morgan fingerprint density at radius 3 is 2.29 bits per heavy atom. The molecule has 1 aliphatic heterocycles. The second-order valence-corrected chi connectivity index (χ2v) is 3.35. The van der Waals surface area contributed by atoms with Crippen LogP contribution in [0.1, 0.15) is 31.8 Å². The van der Waals surface area contributed by atoms with Crippen LogP contribution in [-0.2, 0) is 4.74 Å². The van der Waals surface area contributed by atoms with Crippen LogP contribution in [0, 0.1) is 13.8 Å². The molecule has 1 aromatic carbocycles. The number of nitrogens with two attached hydrogens (primary N) is 1. The highest BCUT2D eigenvalue weighted by molar-refractivity contribution is 6.18. The Morgan fingerprint density at radius 2 is 1.64 bits per heavy atom. The summed E-state index contributed by atoms with van der Waals surface area (Å²) in [4.78, 5) is 22.5. The summed E-state index contributed by atoms with van der Waals surface area (Å²) in [5, 5.41) is 0. The normalized spacial score (nSPS) is 14.1. The molecule has 0 amide bonds. The molecule has 0 atom stereocenters. The standard InChI is InChI=1S/C10H9NO3/c1-4-3-5(2)8(11)7-6(4)9(12)14-10(7)13/h3H,11H2,1-2H3. The van der Waals surface area contributed by atoms with Crippen molar-refractivity contribution in [3.05, 3.63) is 28.3 Å². The summed E-state index contributed by atoms with van der Waals surface area (Å²) in [6.07, 6.45) is 0. The van der Waals surface area contributed by atoms with Gasteiger partial charge in [0, 0.05) is 5.69 Å². The summed E-state index contributed by atoms with van der Waals surface area (Å²) in [5.74, 6) is -1.25. The fourth-order valence-corrected chi connectivity index (χ4v) is 1.67. The molecule has 0 aliphatic carbocycles. The number of rotatable bonds is 0. The number of carbonyl (C=O) groups excluding carboxylic acids is 2. The molecule has 2 N–H and O–H groups in total. The molecular formula is C10H9NO3. The highest BCUT2D eigenvalue weighted by Crippen LogP contribution is 2.30. The van der Waals surface area contributed by atoms with Gasteiger partial charge < -0.3 is 10.5 Å². The molecule has 14 heavy (non-hydrogen) atoms. The van der Waals surface area contributed by atoms with Gasteiger partial charge in [-0.1, -0.05) is 6.07 Å². The predicted octanol–water partition coefficient (Wildman–Crippen LogP) is 1.20. The molecule has 0 spiro atoms. The van der Waals surface area contributed by atoms with Gasteiger partial charge in [-0.15, -0.1) is 0 Å². The number of esters is 2. The van der Waals surface area contributed by atoms with Crippen molar-refractivity contribution < 1.29 is 14.3 Å². The fraction of sp³-hybridized carbons (Fsp3) is 0.200. The number of cyclic esters (lactones) is 2. The summed E-state index contributed by atoms with van der Waals surface area (Å²) >= 11 is 0. The van der Waals surface area contributed by atoms with E-state index in [4.69, 9.17) is 5.73 Å². The van der Waals surface area contributed by atoms with E-state index in [9.17, 15) is 9.59 Å². The number of anilines is 1. The molecule has 1 heterocycles. The predicted molar refractivity (Wildman–Crippen MR) is 50.1 cm³/mol. The van der Waals surface area contributed by atoms with Crippen molar-refractivity contribution in [2.24, 2.45) is 0 Å². The second kappa shape index (κ2) is 2.57. The lowest BCUT2D eigenvalue weighted by molar-refractivity contribution is 0.0444. The monoisotopic (exact) mass is 191 g/mol. The minimum absolute atomic E-state index is 0.215. The topological polar surface area (TPSA) is 69.4 Å². The van der Waals surface area contributed by atoms with Crippen molar-refractivity contribution in [2.75, 3.05) is 5.73 Å². The first-order valence-electron chi connectivity index (χ1n) is 4.18. The van der Waals surface area contributed by atoms with Crippen molar-refractivity contribution in [2.45, 2.75) is 13.8 Å². The van der Waals surface area contributed by atoms with E-state index in [-0.39, 0.29) is 5.56 Å². The van der Waals surface area contributed by atoms with Crippen LogP contribution in [0.4, 0.5) is 5.69 Å². The first-order valence-corrected chi connectivity index (χ1v) is 4.18. The molecule has 0 unspecified atom stereocenters. The van der Waals surface area contributed by atoms with Crippen molar-refractivity contribution in [1.29, 1.82) is 0 Å². The van der Waals surface area contributed by atoms with Gasteiger partial charge in [0.2, 0.25) is 0 Å². The minimum atomic E-state index is -0.644. The van der Waals surface area contributed by atoms with Gasteiger partial charge in [-0.3, -0.25) is 0 Å². The number of hydrogen-bond donors (Lipinski definition) is 1. The van der Waals surface area contributed by atoms with Gasteiger partial charge >= 0.3 is 11.9 Å². The highest BCUT2D eigenvalue weighted by atomic mass is 16.6. The quantitative estimate of drug-likeness (QED) is 0.380. The molecule has 0 saturated carbocycles. The summed E-state index contributed by atoms with van der Waals surface area (Å²) < 4.78 is 4.49. The number of fused-ring (bicyclic) bond motifs is 1. The van der Waals surface area contributed by atoms with E-state index in [1.165, 1.54) is 0 Å². The van der Waals surface area contributed by atoms with E-state index in [0.717, 1.165) is 11.1 Å². The van der Waals surface area contributed by atoms with Gasteiger partial charge in [0.15, 0.2) is 0 Å². The maximum absolute atomic E-state index is 11.3. The summed E-state index contributed by atoms with van der Waals surface area (Å²) in [6, 6.07) is 1.77. The molecule has 0 saturated heterocycles. The van der Waals surface area contributed by atoms with Crippen LogP contribution in [0.2, 0.25) is 0 Å². The first kappa shape index (κ1) is 8.74. The summed E-state index contributed by atoms with van der Waals surface area (Å²) in [7, 11) is 0. The van der Waals surface area contributed by atoms with E-state index in [2.05, 4.69) is 4.74 Å². The van der Waals surface area contributed by atoms with Gasteiger partial charge in [0.05, 0.1) is 11.1 Å². The zero-order valence-electron chi connectivity index (χ0n) is 7.88. The Hall–Kier alpha value is -1.84. The third-order valence-electron chi connectivity index (χ3n) is 2.37. The number of aryl methyl sites for hydroxylation is 2. The minimum Gasteiger partial charge on any atom is -0.398 e. The van der Waals surface area contributed by atoms with E-state index in [1.807, 2.05) is 0 Å². The Balaban J connectivity index is 2.86. The smallest absolute Gasteiger partial charge is 0.349 e. The average Bonchev–Trinajstić information content (AvgIpc) is 2.38. The molecule has 0 bridgehead atoms. The third kappa shape index (κ3) is 0.937. The zero-order valence-corrected chi connectivity index (χ0v) is 7.88. The molecule has 4 heteroatoms. The van der Waals surface area contributed by atoms with E-state index < -0.39 is 11.9 Å². The second-order valence-electron chi connectivity index (χ2n) is 3.35. The van der Waals surface area contributed by atoms with Crippen molar-refractivity contribution >= 4 is 17.6 Å². The summed E-state index contributed by atoms with van der Waals surface area (Å²) in [6.45, 7) is 3.55. The van der Waals surface area contributed by atoms with Crippen LogP contribution in [0.15, 0.2) is 6.07 Å². The van der Waals surface area contributed by atoms with Crippen molar-refractivity contribution in [3.8, 4) is 0 Å². The molecule has 0 radical (unpaired) electrons. The van der Waals surface area contributed by atoms with E-state index in [0.29, 0.717) is 11.3 Å². The maximum atomic E-state index is 11.3. The lowest BCUT2D eigenvalue weighted by Gasteiger charge is -2.05. The van der Waals surface area contributed by atoms with Crippen LogP contribution in [-0.4, -0.2) is 11.9 Å². The van der Waals surface area contributed by atoms with Gasteiger partial charge in [0.1, 0.15) is 0 Å². The molecule has 4 nitrogen and oxygen atoms in total. The van der Waals surface area contributed by atoms with Crippen molar-refractivity contribution in [3.63, 3.8) is 0 Å². The van der Waals surface area contributed by atoms with E-state index >= 15 is 0 Å². The molecule has 0 aromatic heterocycles. The number of nitrogen functional groups attached to an aromatic ring is 1. The number of hydrogen-bond acceptors (Lipinski definition) is 4. The lowest BCUT2D eigenvalue weighted by atomic mass is 9.98. The number of carbonyl (C=O) groups is 2. The zero-order chi connectivity index (χ0) is 10.5. The maximum Gasteiger partial charge on any atom is 0.349 e. The molecule has 2 rings (SSSR count). The third-order valence-corrected chi connectivity index (χ3v) is 2.37. The lowest BCUT2D eigenvalue weighted by Crippen LogP contribution is -2.03. The van der Waals surface area contributed by atoms with Gasteiger partial charge in [-0.25, -0.2) is 9.59 Å². The summed E-state index contributed by atoms with van der Waals surface area (Å²) in [5.41, 5.74) is 8.07. The Kier molecular flexibility index (Phi) is 1.61. The molecule has 1 aliphatic rings. The average molecular weight is 191 g/mol. The van der Waals surface area contributed by atoms with E-state index in [1.54, 1.807) is 19.9 Å². The highest BCUT2D eigenvalue weighted by Gasteiger charge is 2.34. The molecule has 1 aromatic rings. The van der Waals surface area contributed by atoms with Crippen LogP contribution < -0.4 is 5.73 Å². The SMILES string of the molecule is Cc1cc(C)c2c(c1N)C(=O)OC2=O. The van der Waals surface area contributed by atoms with Crippen LogP contribution in [0.3, 0.4) is 0 Å². The Morgan fingerprint density at radius 1 is 1.07 bits per heavy atom. The largest absolute Gasteiger partial charge is 0.398 e. The first-order chi connectivity index (χ1) is 6.52. The number of ether oxygens (including phenoxy) is 1. The Labute approximate surface area is 80.7 Å². The Bertz CT molecular complexity index is 463. The van der Waals surface area contributed by atoms with Gasteiger partial charge in [0.25, 0.3) is 0 Å². The van der Waals surface area contributed by atoms with Crippen LogP contribution in [0.5, 0.6) is 0 Å². The molecule has 0 fully saturated rings. The molecule has 72 valence electrons. The number of benzene rings is 1. The van der Waals surface area contributed by atoms with Crippen LogP contribution >= 0.6 is 0 Å². The van der Waals surface area contributed by atoms with Gasteiger partial charge in [-0.2, -0.15) is 0 Å². The van der Waals surface area contributed by atoms with Crippen LogP contribution in [0.25, 0.3) is 0 Å². The fourth-order valence-electron chi connectivity index (χ4n) is 1.67. The molecular weight excluding hydrogens is 182 g/mol.